The number of benzene rings is 1. The molecule has 112 valence electrons. The van der Waals surface area contributed by atoms with Gasteiger partial charge in [-0.1, -0.05) is 6.07 Å². The van der Waals surface area contributed by atoms with Crippen LogP contribution in [-0.4, -0.2) is 22.8 Å². The second-order valence-electron chi connectivity index (χ2n) is 4.60. The molecule has 1 aromatic heterocycles. The number of rotatable bonds is 4. The molecule has 1 unspecified atom stereocenters. The summed E-state index contributed by atoms with van der Waals surface area (Å²) in [4.78, 5) is 17.9. The molecular weight excluding hydrogens is 296 g/mol. The standard InChI is InChI=1S/C14H15F2N3OS/c1-8(9-3-4-10(15)11(16)5-9)19(2)14(20)12-7-21-13(6-17)18-12/h3-5,7-8H,6,17H2,1-2H3. The number of carbonyl (C=O) groups excluding carboxylic acids is 1. The van der Waals surface area contributed by atoms with Crippen molar-refractivity contribution in [3.05, 3.63) is 51.5 Å². The summed E-state index contributed by atoms with van der Waals surface area (Å²) in [5, 5.41) is 2.31. The summed E-state index contributed by atoms with van der Waals surface area (Å²) in [7, 11) is 1.59. The molecule has 0 aliphatic rings. The maximum Gasteiger partial charge on any atom is 0.273 e. The van der Waals surface area contributed by atoms with Crippen LogP contribution < -0.4 is 5.73 Å². The highest BCUT2D eigenvalue weighted by Gasteiger charge is 2.21. The Morgan fingerprint density at radius 3 is 2.71 bits per heavy atom. The van der Waals surface area contributed by atoms with Crippen molar-refractivity contribution in [1.29, 1.82) is 0 Å². The molecule has 0 saturated heterocycles. The van der Waals surface area contributed by atoms with Crippen molar-refractivity contribution in [3.8, 4) is 0 Å². The molecule has 2 aromatic rings. The Morgan fingerprint density at radius 2 is 2.14 bits per heavy atom. The summed E-state index contributed by atoms with van der Waals surface area (Å²) in [6.07, 6.45) is 0. The zero-order valence-electron chi connectivity index (χ0n) is 11.6. The topological polar surface area (TPSA) is 59.2 Å². The van der Waals surface area contributed by atoms with E-state index >= 15 is 0 Å². The number of nitrogens with zero attached hydrogens (tertiary/aromatic N) is 2. The third kappa shape index (κ3) is 3.25. The van der Waals surface area contributed by atoms with Crippen LogP contribution in [0.3, 0.4) is 0 Å². The molecule has 1 aromatic carbocycles. The predicted molar refractivity (Wildman–Crippen MR) is 76.9 cm³/mol. The van der Waals surface area contributed by atoms with Gasteiger partial charge in [-0.05, 0) is 24.6 Å². The summed E-state index contributed by atoms with van der Waals surface area (Å²) in [6.45, 7) is 2.02. The Labute approximate surface area is 125 Å². The first kappa shape index (κ1) is 15.5. The van der Waals surface area contributed by atoms with E-state index in [4.69, 9.17) is 5.73 Å². The minimum atomic E-state index is -0.931. The van der Waals surface area contributed by atoms with Crippen LogP contribution in [0.25, 0.3) is 0 Å². The van der Waals surface area contributed by atoms with Crippen molar-refractivity contribution in [1.82, 2.24) is 9.88 Å². The Bertz CT molecular complexity index is 659. The van der Waals surface area contributed by atoms with Crippen LogP contribution in [-0.2, 0) is 6.54 Å². The van der Waals surface area contributed by atoms with Gasteiger partial charge in [-0.25, -0.2) is 13.8 Å². The SMILES string of the molecule is CC(c1ccc(F)c(F)c1)N(C)C(=O)c1csc(CN)n1. The fourth-order valence-corrected chi connectivity index (χ4v) is 2.50. The zero-order chi connectivity index (χ0) is 15.6. The van der Waals surface area contributed by atoms with Crippen molar-refractivity contribution in [2.75, 3.05) is 7.05 Å². The molecule has 0 fully saturated rings. The lowest BCUT2D eigenvalue weighted by Crippen LogP contribution is -2.30. The fourth-order valence-electron chi connectivity index (χ4n) is 1.86. The van der Waals surface area contributed by atoms with Gasteiger partial charge in [0.15, 0.2) is 11.6 Å². The molecule has 2 N–H and O–H groups in total. The van der Waals surface area contributed by atoms with Crippen molar-refractivity contribution < 1.29 is 13.6 Å². The van der Waals surface area contributed by atoms with E-state index in [9.17, 15) is 13.6 Å². The number of thiazole rings is 1. The predicted octanol–water partition coefficient (Wildman–Crippen LogP) is 2.71. The third-order valence-electron chi connectivity index (χ3n) is 3.27. The maximum atomic E-state index is 13.3. The van der Waals surface area contributed by atoms with Crippen molar-refractivity contribution in [2.24, 2.45) is 5.73 Å². The van der Waals surface area contributed by atoms with E-state index in [1.165, 1.54) is 22.3 Å². The van der Waals surface area contributed by atoms with Gasteiger partial charge in [-0.15, -0.1) is 11.3 Å². The lowest BCUT2D eigenvalue weighted by molar-refractivity contribution is 0.0737. The van der Waals surface area contributed by atoms with Gasteiger partial charge in [0.25, 0.3) is 5.91 Å². The smallest absolute Gasteiger partial charge is 0.273 e. The van der Waals surface area contributed by atoms with E-state index in [1.807, 2.05) is 0 Å². The molecule has 21 heavy (non-hydrogen) atoms. The molecule has 4 nitrogen and oxygen atoms in total. The fraction of sp³-hybridized carbons (Fsp3) is 0.286. The molecule has 0 radical (unpaired) electrons. The number of hydrogen-bond donors (Lipinski definition) is 1. The maximum absolute atomic E-state index is 13.3. The van der Waals surface area contributed by atoms with Gasteiger partial charge in [0.1, 0.15) is 10.7 Å². The highest BCUT2D eigenvalue weighted by atomic mass is 32.1. The highest BCUT2D eigenvalue weighted by Crippen LogP contribution is 2.23. The molecule has 1 heterocycles. The van der Waals surface area contributed by atoms with Crippen molar-refractivity contribution in [2.45, 2.75) is 19.5 Å². The molecule has 0 bridgehead atoms. The summed E-state index contributed by atoms with van der Waals surface area (Å²) >= 11 is 1.31. The van der Waals surface area contributed by atoms with E-state index in [0.717, 1.165) is 12.1 Å². The average molecular weight is 311 g/mol. The molecular formula is C14H15F2N3OS. The van der Waals surface area contributed by atoms with Crippen LogP contribution in [0.15, 0.2) is 23.6 Å². The van der Waals surface area contributed by atoms with Gasteiger partial charge in [0, 0.05) is 19.0 Å². The van der Waals surface area contributed by atoms with Crippen LogP contribution in [0.2, 0.25) is 0 Å². The lowest BCUT2D eigenvalue weighted by atomic mass is 10.1. The Morgan fingerprint density at radius 1 is 1.43 bits per heavy atom. The Balaban J connectivity index is 2.19. The first-order valence-electron chi connectivity index (χ1n) is 6.30. The van der Waals surface area contributed by atoms with Crippen LogP contribution in [0.4, 0.5) is 8.78 Å². The Hall–Kier alpha value is -1.86. The van der Waals surface area contributed by atoms with Gasteiger partial charge in [0.2, 0.25) is 0 Å². The molecule has 2 rings (SSSR count). The van der Waals surface area contributed by atoms with Crippen LogP contribution in [0.5, 0.6) is 0 Å². The van der Waals surface area contributed by atoms with E-state index in [2.05, 4.69) is 4.98 Å². The van der Waals surface area contributed by atoms with Crippen LogP contribution in [0.1, 0.15) is 34.0 Å². The summed E-state index contributed by atoms with van der Waals surface area (Å²) < 4.78 is 26.2. The van der Waals surface area contributed by atoms with E-state index in [1.54, 1.807) is 19.4 Å². The highest BCUT2D eigenvalue weighted by molar-refractivity contribution is 7.09. The molecule has 0 aliphatic heterocycles. The molecule has 0 saturated carbocycles. The van der Waals surface area contributed by atoms with Gasteiger partial charge < -0.3 is 10.6 Å². The third-order valence-corrected chi connectivity index (χ3v) is 4.14. The lowest BCUT2D eigenvalue weighted by Gasteiger charge is -2.24. The second kappa shape index (κ2) is 6.28. The first-order valence-corrected chi connectivity index (χ1v) is 7.18. The number of halogens is 2. The monoisotopic (exact) mass is 311 g/mol. The summed E-state index contributed by atoms with van der Waals surface area (Å²) in [5.41, 5.74) is 6.28. The minimum Gasteiger partial charge on any atom is -0.334 e. The van der Waals surface area contributed by atoms with E-state index in [0.29, 0.717) is 16.3 Å². The molecule has 0 spiro atoms. The minimum absolute atomic E-state index is 0.278. The number of aromatic nitrogens is 1. The summed E-state index contributed by atoms with van der Waals surface area (Å²) in [5.74, 6) is -2.13. The van der Waals surface area contributed by atoms with Crippen molar-refractivity contribution >= 4 is 17.2 Å². The zero-order valence-corrected chi connectivity index (χ0v) is 12.5. The molecule has 1 atom stereocenters. The quantitative estimate of drug-likeness (QED) is 0.944. The normalized spacial score (nSPS) is 12.2. The molecule has 7 heteroatoms. The van der Waals surface area contributed by atoms with Gasteiger partial charge in [-0.3, -0.25) is 4.79 Å². The number of carbonyl (C=O) groups is 1. The second-order valence-corrected chi connectivity index (χ2v) is 5.54. The average Bonchev–Trinajstić information content (AvgIpc) is 2.96. The van der Waals surface area contributed by atoms with Gasteiger partial charge >= 0.3 is 0 Å². The van der Waals surface area contributed by atoms with Crippen molar-refractivity contribution in [3.63, 3.8) is 0 Å². The Kier molecular flexibility index (Phi) is 4.64. The summed E-state index contributed by atoms with van der Waals surface area (Å²) in [6, 6.07) is 3.19. The molecule has 0 aliphatic carbocycles. The first-order chi connectivity index (χ1) is 9.93. The number of nitrogens with two attached hydrogens (primary N) is 1. The van der Waals surface area contributed by atoms with E-state index < -0.39 is 17.7 Å². The van der Waals surface area contributed by atoms with Gasteiger partial charge in [-0.2, -0.15) is 0 Å². The number of amides is 1. The van der Waals surface area contributed by atoms with Crippen LogP contribution >= 0.6 is 11.3 Å². The van der Waals surface area contributed by atoms with E-state index in [-0.39, 0.29) is 12.5 Å². The number of hydrogen-bond acceptors (Lipinski definition) is 4. The molecule has 1 amide bonds. The largest absolute Gasteiger partial charge is 0.334 e. The van der Waals surface area contributed by atoms with Crippen LogP contribution in [0, 0.1) is 11.6 Å². The van der Waals surface area contributed by atoms with Gasteiger partial charge in [0.05, 0.1) is 6.04 Å².